The van der Waals surface area contributed by atoms with Gasteiger partial charge in [-0.25, -0.2) is 17.8 Å². The molecule has 0 fully saturated rings. The molecule has 0 aliphatic heterocycles. The molecule has 152 valence electrons. The molecule has 0 atom stereocenters. The summed E-state index contributed by atoms with van der Waals surface area (Å²) in [5.41, 5.74) is 2.79. The minimum absolute atomic E-state index is 0.235. The topological polar surface area (TPSA) is 56.3 Å². The number of sulfone groups is 1. The molecule has 4 rings (SSSR count). The van der Waals surface area contributed by atoms with Gasteiger partial charge in [0.1, 0.15) is 16.6 Å². The molecule has 0 radical (unpaired) electrons. The Labute approximate surface area is 178 Å². The van der Waals surface area contributed by atoms with Crippen LogP contribution in [0.2, 0.25) is 0 Å². The van der Waals surface area contributed by atoms with Gasteiger partial charge in [-0.3, -0.25) is 0 Å². The summed E-state index contributed by atoms with van der Waals surface area (Å²) < 4.78 is 43.5. The first-order valence-corrected chi connectivity index (χ1v) is 11.8. The van der Waals surface area contributed by atoms with Gasteiger partial charge in [-0.05, 0) is 54.6 Å². The van der Waals surface area contributed by atoms with E-state index in [-0.39, 0.29) is 10.7 Å². The molecule has 0 spiro atoms. The van der Waals surface area contributed by atoms with E-state index in [2.05, 4.69) is 0 Å². The molecule has 4 nitrogen and oxygen atoms in total. The van der Waals surface area contributed by atoms with Crippen LogP contribution in [0.25, 0.3) is 32.3 Å². The van der Waals surface area contributed by atoms with Gasteiger partial charge in [-0.15, -0.1) is 11.3 Å². The fourth-order valence-electron chi connectivity index (χ4n) is 3.14. The van der Waals surface area contributed by atoms with Crippen LogP contribution in [-0.4, -0.2) is 26.8 Å². The van der Waals surface area contributed by atoms with Crippen LogP contribution in [0.4, 0.5) is 4.39 Å². The van der Waals surface area contributed by atoms with Crippen LogP contribution in [0.3, 0.4) is 0 Å². The van der Waals surface area contributed by atoms with Crippen molar-refractivity contribution in [2.24, 2.45) is 0 Å². The minimum Gasteiger partial charge on any atom is -0.497 e. The predicted octanol–water partition coefficient (Wildman–Crippen LogP) is 5.70. The van der Waals surface area contributed by atoms with E-state index < -0.39 is 9.84 Å². The number of ether oxygens (including phenoxy) is 1. The summed E-state index contributed by atoms with van der Waals surface area (Å²) in [5, 5.41) is 0.732. The third-order valence-corrected chi connectivity index (χ3v) is 6.91. The number of rotatable bonds is 5. The number of halogens is 1. The van der Waals surface area contributed by atoms with E-state index in [1.165, 1.54) is 29.7 Å². The van der Waals surface area contributed by atoms with Crippen molar-refractivity contribution in [1.82, 2.24) is 4.98 Å². The third-order valence-electron chi connectivity index (χ3n) is 4.61. The predicted molar refractivity (Wildman–Crippen MR) is 118 cm³/mol. The summed E-state index contributed by atoms with van der Waals surface area (Å²) >= 11 is 1.40. The molecule has 0 amide bonds. The van der Waals surface area contributed by atoms with Crippen molar-refractivity contribution >= 4 is 21.2 Å². The first-order valence-electron chi connectivity index (χ1n) is 9.07. The number of aromatic nitrogens is 1. The maximum atomic E-state index is 13.5. The van der Waals surface area contributed by atoms with E-state index in [0.717, 1.165) is 16.3 Å². The highest BCUT2D eigenvalue weighted by molar-refractivity contribution is 7.90. The largest absolute Gasteiger partial charge is 0.497 e. The van der Waals surface area contributed by atoms with Crippen LogP contribution in [0.15, 0.2) is 77.7 Å². The van der Waals surface area contributed by atoms with Gasteiger partial charge in [-0.1, -0.05) is 18.2 Å². The Balaban J connectivity index is 1.95. The highest BCUT2D eigenvalue weighted by Gasteiger charge is 2.21. The molecule has 0 aliphatic carbocycles. The Hall–Kier alpha value is -3.03. The highest BCUT2D eigenvalue weighted by Crippen LogP contribution is 2.43. The lowest BCUT2D eigenvalue weighted by Crippen LogP contribution is -1.99. The van der Waals surface area contributed by atoms with Crippen LogP contribution in [0.1, 0.15) is 0 Å². The van der Waals surface area contributed by atoms with Crippen molar-refractivity contribution < 1.29 is 17.5 Å². The molecule has 30 heavy (non-hydrogen) atoms. The molecular formula is C23H18FNO3S2. The first-order chi connectivity index (χ1) is 14.4. The van der Waals surface area contributed by atoms with Crippen molar-refractivity contribution in [3.63, 3.8) is 0 Å². The van der Waals surface area contributed by atoms with Gasteiger partial charge in [0, 0.05) is 22.9 Å². The Morgan fingerprint density at radius 1 is 0.900 bits per heavy atom. The Bertz CT molecular complexity index is 1300. The quantitative estimate of drug-likeness (QED) is 0.401. The first kappa shape index (κ1) is 20.3. The fraction of sp³-hybridized carbons (Fsp3) is 0.0870. The lowest BCUT2D eigenvalue weighted by Gasteiger charge is -2.08. The smallest absolute Gasteiger partial charge is 0.176 e. The van der Waals surface area contributed by atoms with Gasteiger partial charge in [0.25, 0.3) is 0 Å². The monoisotopic (exact) mass is 439 g/mol. The lowest BCUT2D eigenvalue weighted by molar-refractivity contribution is 0.415. The van der Waals surface area contributed by atoms with Crippen molar-refractivity contribution in [1.29, 1.82) is 0 Å². The van der Waals surface area contributed by atoms with E-state index in [9.17, 15) is 12.8 Å². The Kier molecular flexibility index (Phi) is 5.40. The zero-order valence-corrected chi connectivity index (χ0v) is 17.9. The normalized spacial score (nSPS) is 11.4. The molecule has 7 heteroatoms. The fourth-order valence-corrected chi connectivity index (χ4v) is 5.23. The number of hydrogen-bond acceptors (Lipinski definition) is 5. The summed E-state index contributed by atoms with van der Waals surface area (Å²) in [7, 11) is -1.85. The van der Waals surface area contributed by atoms with Gasteiger partial charge in [0.2, 0.25) is 0 Å². The second kappa shape index (κ2) is 8.01. The maximum absolute atomic E-state index is 13.5. The zero-order valence-electron chi connectivity index (χ0n) is 16.3. The van der Waals surface area contributed by atoms with Crippen molar-refractivity contribution in [2.45, 2.75) is 4.90 Å². The summed E-state index contributed by atoms with van der Waals surface area (Å²) in [6, 6.07) is 20.4. The molecule has 1 aromatic heterocycles. The molecule has 0 saturated heterocycles. The zero-order chi connectivity index (χ0) is 21.3. The van der Waals surface area contributed by atoms with Gasteiger partial charge in [0.15, 0.2) is 9.84 Å². The van der Waals surface area contributed by atoms with Crippen LogP contribution in [-0.2, 0) is 9.84 Å². The van der Waals surface area contributed by atoms with Crippen LogP contribution < -0.4 is 4.74 Å². The second-order valence-corrected chi connectivity index (χ2v) is 9.68. The van der Waals surface area contributed by atoms with Crippen molar-refractivity contribution in [3.8, 4) is 38.0 Å². The standard InChI is InChI=1S/C23H18FNO3S2/c1-28-18-13-9-16(10-14-18)23-25-21(15-7-11-17(24)12-8-15)22(29-23)19-5-3-4-6-20(19)30(2,26)27/h3-14H,1-2H3. The van der Waals surface area contributed by atoms with Crippen LogP contribution in [0, 0.1) is 5.82 Å². The van der Waals surface area contributed by atoms with E-state index in [1.54, 1.807) is 43.5 Å². The molecular weight excluding hydrogens is 421 g/mol. The highest BCUT2D eigenvalue weighted by atomic mass is 32.2. The van der Waals surface area contributed by atoms with E-state index in [4.69, 9.17) is 9.72 Å². The third kappa shape index (κ3) is 3.99. The average molecular weight is 440 g/mol. The molecule has 0 bridgehead atoms. The van der Waals surface area contributed by atoms with Crippen molar-refractivity contribution in [2.75, 3.05) is 13.4 Å². The van der Waals surface area contributed by atoms with Crippen LogP contribution in [0.5, 0.6) is 5.75 Å². The molecule has 0 aliphatic rings. The summed E-state index contributed by atoms with van der Waals surface area (Å²) in [6.07, 6.45) is 1.19. The number of nitrogens with zero attached hydrogens (tertiary/aromatic N) is 1. The summed E-state index contributed by atoms with van der Waals surface area (Å²) in [6.45, 7) is 0. The number of thiazole rings is 1. The van der Waals surface area contributed by atoms with Gasteiger partial charge in [0.05, 0.1) is 22.6 Å². The molecule has 4 aromatic rings. The van der Waals surface area contributed by atoms with Gasteiger partial charge < -0.3 is 4.74 Å². The Morgan fingerprint density at radius 3 is 2.17 bits per heavy atom. The summed E-state index contributed by atoms with van der Waals surface area (Å²) in [4.78, 5) is 5.75. The van der Waals surface area contributed by atoms with Gasteiger partial charge in [-0.2, -0.15) is 0 Å². The van der Waals surface area contributed by atoms with Crippen LogP contribution >= 0.6 is 11.3 Å². The number of methoxy groups -OCH3 is 1. The minimum atomic E-state index is -3.45. The molecule has 0 unspecified atom stereocenters. The Morgan fingerprint density at radius 2 is 1.53 bits per heavy atom. The molecule has 0 saturated carbocycles. The van der Waals surface area contributed by atoms with E-state index in [0.29, 0.717) is 21.7 Å². The van der Waals surface area contributed by atoms with Gasteiger partial charge >= 0.3 is 0 Å². The van der Waals surface area contributed by atoms with E-state index >= 15 is 0 Å². The SMILES string of the molecule is COc1ccc(-c2nc(-c3ccc(F)cc3)c(-c3ccccc3S(C)(=O)=O)s2)cc1. The molecule has 0 N–H and O–H groups in total. The average Bonchev–Trinajstić information content (AvgIpc) is 3.19. The van der Waals surface area contributed by atoms with E-state index in [1.807, 2.05) is 24.3 Å². The second-order valence-electron chi connectivity index (χ2n) is 6.70. The number of hydrogen-bond donors (Lipinski definition) is 0. The summed E-state index contributed by atoms with van der Waals surface area (Å²) in [5.74, 6) is 0.388. The molecule has 3 aromatic carbocycles. The van der Waals surface area contributed by atoms with Crippen molar-refractivity contribution in [3.05, 3.63) is 78.6 Å². The lowest BCUT2D eigenvalue weighted by atomic mass is 10.1. The maximum Gasteiger partial charge on any atom is 0.176 e. The molecule has 1 heterocycles. The number of benzene rings is 3.